The number of hydrogen-bond donors (Lipinski definition) is 2. The second-order valence-corrected chi connectivity index (χ2v) is 5.27. The Kier molecular flexibility index (Phi) is 5.75. The molecule has 0 aliphatic carbocycles. The van der Waals surface area contributed by atoms with Crippen molar-refractivity contribution in [3.05, 3.63) is 18.3 Å². The molecule has 1 fully saturated rings. The van der Waals surface area contributed by atoms with E-state index in [2.05, 4.69) is 20.4 Å². The molecule has 2 heterocycles. The topological polar surface area (TPSA) is 63.2 Å². The zero-order valence-corrected chi connectivity index (χ0v) is 12.2. The van der Waals surface area contributed by atoms with Crippen LogP contribution in [0, 0.1) is 5.92 Å². The summed E-state index contributed by atoms with van der Waals surface area (Å²) in [6.07, 6.45) is -0.869. The predicted octanol–water partition coefficient (Wildman–Crippen LogP) is 2.30. The molecule has 1 aliphatic rings. The Balaban J connectivity index is 1.85. The van der Waals surface area contributed by atoms with Crippen molar-refractivity contribution < 1.29 is 27.1 Å². The molecular weight excluding hydrogens is 318 g/mol. The van der Waals surface area contributed by atoms with Gasteiger partial charge in [0.15, 0.2) is 6.61 Å². The van der Waals surface area contributed by atoms with E-state index in [9.17, 15) is 22.4 Å². The van der Waals surface area contributed by atoms with Crippen molar-refractivity contribution >= 4 is 11.6 Å². The Morgan fingerprint density at radius 2 is 2.26 bits per heavy atom. The minimum absolute atomic E-state index is 0.135. The molecule has 0 bridgehead atoms. The van der Waals surface area contributed by atoms with Gasteiger partial charge in [-0.25, -0.2) is 13.8 Å². The molecule has 1 aromatic rings. The van der Waals surface area contributed by atoms with Gasteiger partial charge < -0.3 is 15.4 Å². The highest BCUT2D eigenvalue weighted by Crippen LogP contribution is 2.24. The molecule has 1 aromatic heterocycles. The first-order valence-corrected chi connectivity index (χ1v) is 7.15. The number of rotatable bonds is 6. The molecular formula is C14H17F4N3O2. The Labute approximate surface area is 130 Å². The van der Waals surface area contributed by atoms with Crippen molar-refractivity contribution in [1.82, 2.24) is 10.3 Å². The zero-order valence-electron chi connectivity index (χ0n) is 12.2. The van der Waals surface area contributed by atoms with Crippen LogP contribution in [0.25, 0.3) is 0 Å². The van der Waals surface area contributed by atoms with E-state index in [1.807, 2.05) is 0 Å². The van der Waals surface area contributed by atoms with E-state index >= 15 is 0 Å². The maximum absolute atomic E-state index is 12.7. The minimum atomic E-state index is -4.23. The van der Waals surface area contributed by atoms with E-state index < -0.39 is 19.0 Å². The molecule has 1 amide bonds. The highest BCUT2D eigenvalue weighted by atomic mass is 19.3. The van der Waals surface area contributed by atoms with Crippen LogP contribution in [0.3, 0.4) is 0 Å². The van der Waals surface area contributed by atoms with Crippen LogP contribution in [0.15, 0.2) is 18.3 Å². The van der Waals surface area contributed by atoms with Gasteiger partial charge in [0.1, 0.15) is 0 Å². The van der Waals surface area contributed by atoms with E-state index in [0.29, 0.717) is 12.2 Å². The second-order valence-electron chi connectivity index (χ2n) is 5.27. The first-order valence-electron chi connectivity index (χ1n) is 7.15. The van der Waals surface area contributed by atoms with Crippen LogP contribution >= 0.6 is 0 Å². The number of amides is 1. The molecule has 0 radical (unpaired) electrons. The van der Waals surface area contributed by atoms with Crippen LogP contribution in [-0.4, -0.2) is 42.9 Å². The number of hydrogen-bond acceptors (Lipinski definition) is 4. The van der Waals surface area contributed by atoms with Crippen LogP contribution in [0.4, 0.5) is 23.2 Å². The van der Waals surface area contributed by atoms with Gasteiger partial charge in [0.2, 0.25) is 11.8 Å². The smallest absolute Gasteiger partial charge is 0.340 e. The summed E-state index contributed by atoms with van der Waals surface area (Å²) in [7, 11) is 0. The van der Waals surface area contributed by atoms with Gasteiger partial charge in [-0.05, 0) is 25.5 Å². The fourth-order valence-corrected chi connectivity index (χ4v) is 2.09. The van der Waals surface area contributed by atoms with Crippen molar-refractivity contribution in [3.63, 3.8) is 0 Å². The number of anilines is 1. The molecule has 1 saturated heterocycles. The fourth-order valence-electron chi connectivity index (χ4n) is 2.09. The Morgan fingerprint density at radius 1 is 1.48 bits per heavy atom. The van der Waals surface area contributed by atoms with Crippen molar-refractivity contribution in [2.45, 2.75) is 25.2 Å². The van der Waals surface area contributed by atoms with E-state index in [-0.39, 0.29) is 17.7 Å². The molecule has 0 aromatic carbocycles. The number of piperidine rings is 1. The number of pyridine rings is 1. The third kappa shape index (κ3) is 5.05. The fraction of sp³-hybridized carbons (Fsp3) is 0.571. The summed E-state index contributed by atoms with van der Waals surface area (Å²) in [6.45, 7) is 0.0287. The number of aromatic nitrogens is 1. The summed E-state index contributed by atoms with van der Waals surface area (Å²) in [5.74, 6) is -4.74. The minimum Gasteiger partial charge on any atom is -0.471 e. The predicted molar refractivity (Wildman–Crippen MR) is 74.9 cm³/mol. The highest BCUT2D eigenvalue weighted by molar-refractivity contribution is 5.92. The third-order valence-electron chi connectivity index (χ3n) is 3.40. The zero-order chi connectivity index (χ0) is 16.9. The quantitative estimate of drug-likeness (QED) is 0.783. The van der Waals surface area contributed by atoms with Gasteiger partial charge in [0, 0.05) is 12.6 Å². The maximum Gasteiger partial charge on any atom is 0.340 e. The van der Waals surface area contributed by atoms with Gasteiger partial charge in [-0.15, -0.1) is 0 Å². The molecule has 23 heavy (non-hydrogen) atoms. The lowest BCUT2D eigenvalue weighted by Gasteiger charge is -2.21. The van der Waals surface area contributed by atoms with E-state index in [4.69, 9.17) is 0 Å². The molecule has 2 N–H and O–H groups in total. The molecule has 5 nitrogen and oxygen atoms in total. The lowest BCUT2D eigenvalue weighted by Crippen LogP contribution is -2.37. The van der Waals surface area contributed by atoms with Gasteiger partial charge >= 0.3 is 12.3 Å². The Bertz CT molecular complexity index is 519. The van der Waals surface area contributed by atoms with Gasteiger partial charge in [-0.2, -0.15) is 8.78 Å². The molecule has 1 aliphatic heterocycles. The number of alkyl halides is 4. The molecule has 2 rings (SSSR count). The molecule has 1 atom stereocenters. The number of halogens is 4. The van der Waals surface area contributed by atoms with Gasteiger partial charge in [0.05, 0.1) is 17.8 Å². The summed E-state index contributed by atoms with van der Waals surface area (Å²) >= 11 is 0. The molecule has 128 valence electrons. The van der Waals surface area contributed by atoms with Crippen molar-refractivity contribution in [2.75, 3.05) is 25.0 Å². The van der Waals surface area contributed by atoms with Crippen LogP contribution < -0.4 is 15.4 Å². The molecule has 0 spiro atoms. The first-order chi connectivity index (χ1) is 10.9. The molecule has 1 unspecified atom stereocenters. The monoisotopic (exact) mass is 335 g/mol. The van der Waals surface area contributed by atoms with Gasteiger partial charge in [-0.1, -0.05) is 0 Å². The molecule has 0 saturated carbocycles. The largest absolute Gasteiger partial charge is 0.471 e. The lowest BCUT2D eigenvalue weighted by atomic mass is 9.99. The van der Waals surface area contributed by atoms with Crippen LogP contribution in [-0.2, 0) is 4.79 Å². The van der Waals surface area contributed by atoms with Crippen molar-refractivity contribution in [3.8, 4) is 5.88 Å². The number of nitrogens with zero attached hydrogens (tertiary/aromatic N) is 1. The number of carbonyl (C=O) groups is 1. The summed E-state index contributed by atoms with van der Waals surface area (Å²) in [5, 5.41) is 5.79. The highest BCUT2D eigenvalue weighted by Gasteiger charge is 2.41. The van der Waals surface area contributed by atoms with Crippen LogP contribution in [0.1, 0.15) is 12.8 Å². The van der Waals surface area contributed by atoms with Crippen LogP contribution in [0.5, 0.6) is 5.88 Å². The average molecular weight is 335 g/mol. The van der Waals surface area contributed by atoms with Crippen LogP contribution in [0.2, 0.25) is 0 Å². The van der Waals surface area contributed by atoms with E-state index in [1.165, 1.54) is 18.3 Å². The number of nitrogens with one attached hydrogen (secondary N) is 2. The van der Waals surface area contributed by atoms with Gasteiger partial charge in [-0.3, -0.25) is 4.79 Å². The maximum atomic E-state index is 12.7. The Hall–Kier alpha value is -1.90. The normalized spacial score (nSPS) is 18.7. The number of ether oxygens (including phenoxy) is 1. The van der Waals surface area contributed by atoms with Crippen molar-refractivity contribution in [1.29, 1.82) is 0 Å². The Morgan fingerprint density at radius 3 is 2.83 bits per heavy atom. The lowest BCUT2D eigenvalue weighted by molar-refractivity contribution is -0.148. The summed E-state index contributed by atoms with van der Waals surface area (Å²) in [5.41, 5.74) is 0.383. The van der Waals surface area contributed by atoms with Gasteiger partial charge in [0.25, 0.3) is 0 Å². The average Bonchev–Trinajstić information content (AvgIpc) is 2.55. The molecule has 9 heteroatoms. The standard InChI is InChI=1S/C14H17F4N3O2/c15-13(16)14(17,18)8-23-11-4-3-10(7-20-11)21-12(22)9-2-1-5-19-6-9/h3-4,7,9,13,19H,1-2,5-6,8H2,(H,21,22). The third-order valence-corrected chi connectivity index (χ3v) is 3.40. The summed E-state index contributed by atoms with van der Waals surface area (Å²) in [4.78, 5) is 15.7. The van der Waals surface area contributed by atoms with E-state index in [1.54, 1.807) is 0 Å². The van der Waals surface area contributed by atoms with Crippen molar-refractivity contribution in [2.24, 2.45) is 5.92 Å². The van der Waals surface area contributed by atoms with E-state index in [0.717, 1.165) is 19.4 Å². The summed E-state index contributed by atoms with van der Waals surface area (Å²) < 4.78 is 54.0. The summed E-state index contributed by atoms with van der Waals surface area (Å²) in [6, 6.07) is 2.65. The SMILES string of the molecule is O=C(Nc1ccc(OCC(F)(F)C(F)F)nc1)C1CCCNC1. The first kappa shape index (κ1) is 17.5. The number of carbonyl (C=O) groups excluding carboxylic acids is 1. The second kappa shape index (κ2) is 7.58.